The molecule has 0 bridgehead atoms. The van der Waals surface area contributed by atoms with Crippen molar-refractivity contribution in [3.8, 4) is 5.75 Å². The number of nitro groups is 1. The maximum atomic E-state index is 13.1. The smallest absolute Gasteiger partial charge is 0.300 e. The van der Waals surface area contributed by atoms with E-state index in [-0.39, 0.29) is 16.8 Å². The zero-order valence-electron chi connectivity index (χ0n) is 17.9. The molecular formula is C25H20N2O6. The third-order valence-corrected chi connectivity index (χ3v) is 5.54. The number of benzene rings is 3. The van der Waals surface area contributed by atoms with E-state index in [1.165, 1.54) is 36.3 Å². The van der Waals surface area contributed by atoms with Crippen LogP contribution < -0.4 is 9.64 Å². The summed E-state index contributed by atoms with van der Waals surface area (Å²) >= 11 is 0. The van der Waals surface area contributed by atoms with Gasteiger partial charge >= 0.3 is 0 Å². The molecule has 1 unspecified atom stereocenters. The van der Waals surface area contributed by atoms with Gasteiger partial charge in [-0.1, -0.05) is 29.8 Å². The van der Waals surface area contributed by atoms with E-state index in [0.29, 0.717) is 17.0 Å². The molecule has 4 rings (SSSR count). The van der Waals surface area contributed by atoms with Gasteiger partial charge in [0.15, 0.2) is 0 Å². The monoisotopic (exact) mass is 444 g/mol. The highest BCUT2D eigenvalue weighted by Crippen LogP contribution is 2.42. The summed E-state index contributed by atoms with van der Waals surface area (Å²) in [4.78, 5) is 38.0. The Morgan fingerprint density at radius 1 is 0.970 bits per heavy atom. The van der Waals surface area contributed by atoms with Crippen LogP contribution in [-0.2, 0) is 9.59 Å². The first-order valence-corrected chi connectivity index (χ1v) is 10.1. The number of aliphatic hydroxyl groups is 1. The van der Waals surface area contributed by atoms with Gasteiger partial charge in [-0.3, -0.25) is 24.6 Å². The van der Waals surface area contributed by atoms with Gasteiger partial charge < -0.3 is 9.84 Å². The quantitative estimate of drug-likeness (QED) is 0.203. The van der Waals surface area contributed by atoms with Gasteiger partial charge in [0, 0.05) is 23.4 Å². The van der Waals surface area contributed by atoms with E-state index in [0.717, 1.165) is 5.56 Å². The third kappa shape index (κ3) is 3.94. The number of nitrogens with zero attached hydrogens (tertiary/aromatic N) is 2. The van der Waals surface area contributed by atoms with Crippen LogP contribution in [0.1, 0.15) is 22.7 Å². The van der Waals surface area contributed by atoms with Crippen LogP contribution in [0.2, 0.25) is 0 Å². The molecule has 0 aromatic heterocycles. The fourth-order valence-corrected chi connectivity index (χ4v) is 3.80. The number of Topliss-reactive ketones (excluding diaryl/α,β-unsaturated/α-hetero) is 1. The molecule has 1 amide bonds. The second-order valence-corrected chi connectivity index (χ2v) is 7.58. The number of non-ortho nitro benzene ring substituents is 1. The van der Waals surface area contributed by atoms with Crippen molar-refractivity contribution in [3.63, 3.8) is 0 Å². The van der Waals surface area contributed by atoms with Crippen LogP contribution >= 0.6 is 0 Å². The van der Waals surface area contributed by atoms with Crippen LogP contribution in [0, 0.1) is 17.0 Å². The lowest BCUT2D eigenvalue weighted by molar-refractivity contribution is -0.384. The molecule has 8 heteroatoms. The highest BCUT2D eigenvalue weighted by atomic mass is 16.6. The number of amides is 1. The van der Waals surface area contributed by atoms with Crippen molar-refractivity contribution in [2.24, 2.45) is 0 Å². The second-order valence-electron chi connectivity index (χ2n) is 7.58. The molecule has 3 aromatic rings. The number of methoxy groups -OCH3 is 1. The van der Waals surface area contributed by atoms with E-state index >= 15 is 0 Å². The summed E-state index contributed by atoms with van der Waals surface area (Å²) in [5.74, 6) is -1.42. The van der Waals surface area contributed by atoms with Crippen LogP contribution in [-0.4, -0.2) is 28.8 Å². The average Bonchev–Trinajstić information content (AvgIpc) is 3.09. The van der Waals surface area contributed by atoms with Crippen molar-refractivity contribution >= 4 is 28.8 Å². The fraction of sp³-hybridized carbons (Fsp3) is 0.120. The van der Waals surface area contributed by atoms with Gasteiger partial charge in [0.25, 0.3) is 17.4 Å². The zero-order chi connectivity index (χ0) is 23.7. The van der Waals surface area contributed by atoms with Crippen LogP contribution in [0.4, 0.5) is 11.4 Å². The lowest BCUT2D eigenvalue weighted by Gasteiger charge is -2.25. The fourth-order valence-electron chi connectivity index (χ4n) is 3.80. The average molecular weight is 444 g/mol. The van der Waals surface area contributed by atoms with Gasteiger partial charge in [0.05, 0.1) is 23.6 Å². The maximum absolute atomic E-state index is 13.1. The number of aliphatic hydroxyl groups excluding tert-OH is 1. The molecule has 0 spiro atoms. The van der Waals surface area contributed by atoms with Crippen molar-refractivity contribution in [2.75, 3.05) is 12.0 Å². The summed E-state index contributed by atoms with van der Waals surface area (Å²) in [5.41, 5.74) is 2.03. The number of hydrogen-bond donors (Lipinski definition) is 1. The Labute approximate surface area is 189 Å². The third-order valence-electron chi connectivity index (χ3n) is 5.54. The molecular weight excluding hydrogens is 424 g/mol. The summed E-state index contributed by atoms with van der Waals surface area (Å²) in [6.45, 7) is 1.91. The first-order valence-electron chi connectivity index (χ1n) is 10.1. The Kier molecular flexibility index (Phi) is 5.66. The van der Waals surface area contributed by atoms with Crippen molar-refractivity contribution in [3.05, 3.63) is 105 Å². The summed E-state index contributed by atoms with van der Waals surface area (Å²) in [6.07, 6.45) is 0. The van der Waals surface area contributed by atoms with Gasteiger partial charge in [-0.25, -0.2) is 0 Å². The highest BCUT2D eigenvalue weighted by molar-refractivity contribution is 6.51. The van der Waals surface area contributed by atoms with Crippen molar-refractivity contribution < 1.29 is 24.4 Å². The molecule has 1 aliphatic heterocycles. The Morgan fingerprint density at radius 2 is 1.58 bits per heavy atom. The molecule has 1 heterocycles. The lowest BCUT2D eigenvalue weighted by Crippen LogP contribution is -2.29. The van der Waals surface area contributed by atoms with E-state index in [9.17, 15) is 24.8 Å². The molecule has 1 atom stereocenters. The second kappa shape index (κ2) is 8.58. The van der Waals surface area contributed by atoms with Gasteiger partial charge in [-0.15, -0.1) is 0 Å². The minimum atomic E-state index is -0.895. The molecule has 1 aliphatic rings. The van der Waals surface area contributed by atoms with Crippen LogP contribution in [0.5, 0.6) is 5.75 Å². The van der Waals surface area contributed by atoms with Crippen molar-refractivity contribution in [1.82, 2.24) is 0 Å². The normalized spacial score (nSPS) is 17.3. The topological polar surface area (TPSA) is 110 Å². The zero-order valence-corrected chi connectivity index (χ0v) is 17.9. The van der Waals surface area contributed by atoms with Crippen molar-refractivity contribution in [1.29, 1.82) is 0 Å². The predicted molar refractivity (Wildman–Crippen MR) is 122 cm³/mol. The van der Waals surface area contributed by atoms with Crippen LogP contribution in [0.25, 0.3) is 5.76 Å². The molecule has 1 N–H and O–H groups in total. The molecule has 8 nitrogen and oxygen atoms in total. The number of hydrogen-bond acceptors (Lipinski definition) is 6. The minimum absolute atomic E-state index is 0.0976. The number of anilines is 1. The largest absolute Gasteiger partial charge is 0.507 e. The Bertz CT molecular complexity index is 1260. The Morgan fingerprint density at radius 3 is 2.12 bits per heavy atom. The van der Waals surface area contributed by atoms with Gasteiger partial charge in [0.1, 0.15) is 11.5 Å². The molecule has 1 saturated heterocycles. The SMILES string of the molecule is COc1ccc(C2/C(=C(/O)c3ccc([N+](=O)[O-])cc3)C(=O)C(=O)N2c2ccc(C)cc2)cc1. The molecule has 3 aromatic carbocycles. The van der Waals surface area contributed by atoms with E-state index in [2.05, 4.69) is 0 Å². The highest BCUT2D eigenvalue weighted by Gasteiger charge is 2.47. The first kappa shape index (κ1) is 21.8. The molecule has 33 heavy (non-hydrogen) atoms. The molecule has 166 valence electrons. The number of ketones is 1. The van der Waals surface area contributed by atoms with E-state index in [4.69, 9.17) is 4.74 Å². The first-order chi connectivity index (χ1) is 15.8. The number of ether oxygens (including phenoxy) is 1. The number of aryl methyl sites for hydroxylation is 1. The van der Waals surface area contributed by atoms with Crippen LogP contribution in [0.15, 0.2) is 78.4 Å². The molecule has 1 fully saturated rings. The lowest BCUT2D eigenvalue weighted by atomic mass is 9.95. The summed E-state index contributed by atoms with van der Waals surface area (Å²) in [5, 5.41) is 22.0. The molecule has 0 aliphatic carbocycles. The minimum Gasteiger partial charge on any atom is -0.507 e. The van der Waals surface area contributed by atoms with E-state index < -0.39 is 28.4 Å². The summed E-state index contributed by atoms with van der Waals surface area (Å²) < 4.78 is 5.21. The van der Waals surface area contributed by atoms with Crippen molar-refractivity contribution in [2.45, 2.75) is 13.0 Å². The molecule has 0 saturated carbocycles. The van der Waals surface area contributed by atoms with E-state index in [1.807, 2.05) is 19.1 Å². The van der Waals surface area contributed by atoms with Gasteiger partial charge in [0.2, 0.25) is 0 Å². The van der Waals surface area contributed by atoms with Gasteiger partial charge in [-0.05, 0) is 48.9 Å². The van der Waals surface area contributed by atoms with Gasteiger partial charge in [-0.2, -0.15) is 0 Å². The number of carbonyl (C=O) groups excluding carboxylic acids is 2. The van der Waals surface area contributed by atoms with E-state index in [1.54, 1.807) is 36.4 Å². The number of nitro benzene ring substituents is 1. The number of rotatable bonds is 5. The summed E-state index contributed by atoms with van der Waals surface area (Å²) in [6, 6.07) is 18.2. The maximum Gasteiger partial charge on any atom is 0.300 e. The van der Waals surface area contributed by atoms with Crippen LogP contribution in [0.3, 0.4) is 0 Å². The summed E-state index contributed by atoms with van der Waals surface area (Å²) in [7, 11) is 1.53. The standard InChI is InChI=1S/C25H20N2O6/c1-15-3-9-18(10-4-15)26-22(16-7-13-20(33-2)14-8-16)21(24(29)25(26)30)23(28)17-5-11-19(12-6-17)27(31)32/h3-14,22,28H,1-2H3/b23-21-. The predicted octanol–water partition coefficient (Wildman–Crippen LogP) is 4.54. The Balaban J connectivity index is 1.90. The Hall–Kier alpha value is -4.46. The molecule has 0 radical (unpaired) electrons. The number of carbonyl (C=O) groups is 2.